The van der Waals surface area contributed by atoms with Gasteiger partial charge in [-0.25, -0.2) is 12.7 Å². The first kappa shape index (κ1) is 19.5. The van der Waals surface area contributed by atoms with Crippen molar-refractivity contribution < 1.29 is 13.2 Å². The van der Waals surface area contributed by atoms with Crippen molar-refractivity contribution in [2.75, 3.05) is 19.4 Å². The number of pyridine rings is 1. The van der Waals surface area contributed by atoms with Crippen molar-refractivity contribution in [1.82, 2.24) is 8.87 Å². The number of rotatable bonds is 5. The Balaban J connectivity index is 2.26. The first-order chi connectivity index (χ1) is 11.6. The summed E-state index contributed by atoms with van der Waals surface area (Å²) in [7, 11) is -0.973. The van der Waals surface area contributed by atoms with E-state index < -0.39 is 21.5 Å². The van der Waals surface area contributed by atoms with Gasteiger partial charge in [0.2, 0.25) is 15.9 Å². The van der Waals surface area contributed by atoms with Gasteiger partial charge in [-0.3, -0.25) is 9.59 Å². The third-order valence-corrected chi connectivity index (χ3v) is 5.61. The number of halogens is 2. The molecule has 1 amide bonds. The number of nitrogens with one attached hydrogen (secondary N) is 1. The molecule has 0 atom stereocenters. The largest absolute Gasteiger partial charge is 0.323 e. The number of hydrogen-bond donors (Lipinski definition) is 1. The van der Waals surface area contributed by atoms with E-state index in [-0.39, 0.29) is 16.5 Å². The number of amides is 1. The highest BCUT2D eigenvalue weighted by atomic mass is 35.5. The van der Waals surface area contributed by atoms with E-state index in [9.17, 15) is 18.0 Å². The second-order valence-corrected chi connectivity index (χ2v) is 8.29. The van der Waals surface area contributed by atoms with E-state index in [1.54, 1.807) is 6.07 Å². The quantitative estimate of drug-likeness (QED) is 0.826. The van der Waals surface area contributed by atoms with Gasteiger partial charge >= 0.3 is 0 Å². The molecule has 0 fully saturated rings. The standard InChI is InChI=1S/C15H15Cl2N3O4S/c1-19(2)25(23,24)11-4-6-15(22)20(8-11)9-14(21)18-13-7-10(16)3-5-12(13)17/h3-8H,9H2,1-2H3,(H,18,21). The minimum absolute atomic E-state index is 0.0920. The van der Waals surface area contributed by atoms with Crippen LogP contribution in [0.3, 0.4) is 0 Å². The third kappa shape index (κ3) is 4.60. The monoisotopic (exact) mass is 403 g/mol. The molecule has 0 aliphatic rings. The van der Waals surface area contributed by atoms with Crippen molar-refractivity contribution in [3.63, 3.8) is 0 Å². The molecule has 0 aliphatic heterocycles. The SMILES string of the molecule is CN(C)S(=O)(=O)c1ccc(=O)n(CC(=O)Nc2cc(Cl)ccc2Cl)c1. The molecule has 0 saturated heterocycles. The highest BCUT2D eigenvalue weighted by Crippen LogP contribution is 2.25. The molecular weight excluding hydrogens is 389 g/mol. The van der Waals surface area contributed by atoms with Crippen molar-refractivity contribution in [3.8, 4) is 0 Å². The predicted molar refractivity (Wildman–Crippen MR) is 96.7 cm³/mol. The summed E-state index contributed by atoms with van der Waals surface area (Å²) in [5.41, 5.74) is -0.214. The number of carbonyl (C=O) groups is 1. The van der Waals surface area contributed by atoms with E-state index >= 15 is 0 Å². The molecule has 0 saturated carbocycles. The van der Waals surface area contributed by atoms with Gasteiger partial charge < -0.3 is 9.88 Å². The molecule has 2 aromatic rings. The number of hydrogen-bond acceptors (Lipinski definition) is 4. The van der Waals surface area contributed by atoms with Gasteiger partial charge in [0.15, 0.2) is 0 Å². The number of carbonyl (C=O) groups excluding carboxylic acids is 1. The van der Waals surface area contributed by atoms with Crippen LogP contribution in [-0.4, -0.2) is 37.3 Å². The summed E-state index contributed by atoms with van der Waals surface area (Å²) < 4.78 is 26.3. The molecule has 134 valence electrons. The van der Waals surface area contributed by atoms with Gasteiger partial charge in [-0.15, -0.1) is 0 Å². The number of sulfonamides is 1. The topological polar surface area (TPSA) is 88.5 Å². The van der Waals surface area contributed by atoms with Crippen LogP contribution < -0.4 is 10.9 Å². The van der Waals surface area contributed by atoms with Gasteiger partial charge in [0.25, 0.3) is 5.56 Å². The summed E-state index contributed by atoms with van der Waals surface area (Å²) in [6.07, 6.45) is 1.12. The second-order valence-electron chi connectivity index (χ2n) is 5.29. The molecule has 0 spiro atoms. The van der Waals surface area contributed by atoms with Gasteiger partial charge in [-0.2, -0.15) is 0 Å². The van der Waals surface area contributed by atoms with Gasteiger partial charge in [0.1, 0.15) is 6.54 Å². The minimum Gasteiger partial charge on any atom is -0.323 e. The molecule has 0 bridgehead atoms. The first-order valence-electron chi connectivity index (χ1n) is 6.99. The second kappa shape index (κ2) is 7.57. The smallest absolute Gasteiger partial charge is 0.251 e. The van der Waals surface area contributed by atoms with E-state index in [1.807, 2.05) is 0 Å². The molecule has 1 aromatic heterocycles. The maximum atomic E-state index is 12.2. The summed E-state index contributed by atoms with van der Waals surface area (Å²) in [4.78, 5) is 24.0. The highest BCUT2D eigenvalue weighted by molar-refractivity contribution is 7.89. The normalized spacial score (nSPS) is 11.6. The maximum absolute atomic E-state index is 12.2. The number of benzene rings is 1. The molecule has 10 heteroatoms. The lowest BCUT2D eigenvalue weighted by Gasteiger charge is -2.13. The summed E-state index contributed by atoms with van der Waals surface area (Å²) in [6, 6.07) is 6.85. The van der Waals surface area contributed by atoms with Crippen LogP contribution in [0.1, 0.15) is 0 Å². The van der Waals surface area contributed by atoms with E-state index in [1.165, 1.54) is 32.3 Å². The Bertz CT molecular complexity index is 971. The highest BCUT2D eigenvalue weighted by Gasteiger charge is 2.19. The third-order valence-electron chi connectivity index (χ3n) is 3.25. The Hall–Kier alpha value is -1.87. The van der Waals surface area contributed by atoms with Crippen molar-refractivity contribution >= 4 is 44.8 Å². The van der Waals surface area contributed by atoms with Crippen molar-refractivity contribution in [2.24, 2.45) is 0 Å². The average Bonchev–Trinajstić information content (AvgIpc) is 2.52. The lowest BCUT2D eigenvalue weighted by atomic mass is 10.3. The van der Waals surface area contributed by atoms with Crippen molar-refractivity contribution in [2.45, 2.75) is 11.4 Å². The minimum atomic E-state index is -3.72. The summed E-state index contributed by atoms with van der Waals surface area (Å²) in [6.45, 7) is -0.377. The molecule has 1 N–H and O–H groups in total. The number of anilines is 1. The van der Waals surface area contributed by atoms with E-state index in [2.05, 4.69) is 5.32 Å². The van der Waals surface area contributed by atoms with Crippen LogP contribution in [0.15, 0.2) is 46.2 Å². The zero-order chi connectivity index (χ0) is 18.8. The zero-order valence-corrected chi connectivity index (χ0v) is 15.7. The van der Waals surface area contributed by atoms with Crippen LogP contribution in [0.25, 0.3) is 0 Å². The molecule has 0 radical (unpaired) electrons. The molecule has 0 aliphatic carbocycles. The number of aromatic nitrogens is 1. The van der Waals surface area contributed by atoms with Gasteiger partial charge in [-0.05, 0) is 24.3 Å². The number of nitrogens with zero attached hydrogens (tertiary/aromatic N) is 2. The Morgan fingerprint density at radius 2 is 1.88 bits per heavy atom. The summed E-state index contributed by atoms with van der Waals surface area (Å²) in [5, 5.41) is 3.20. The molecular formula is C15H15Cl2N3O4S. The first-order valence-corrected chi connectivity index (χ1v) is 9.19. The van der Waals surface area contributed by atoms with Crippen LogP contribution in [-0.2, 0) is 21.4 Å². The van der Waals surface area contributed by atoms with Crippen LogP contribution in [0.2, 0.25) is 10.0 Å². The summed E-state index contributed by atoms with van der Waals surface area (Å²) in [5.74, 6) is -0.550. The lowest BCUT2D eigenvalue weighted by Crippen LogP contribution is -2.29. The molecule has 0 unspecified atom stereocenters. The molecule has 1 aromatic carbocycles. The van der Waals surface area contributed by atoms with E-state index in [0.29, 0.717) is 10.7 Å². The Labute approximate surface area is 154 Å². The van der Waals surface area contributed by atoms with Crippen molar-refractivity contribution in [3.05, 3.63) is 56.9 Å². The van der Waals surface area contributed by atoms with Gasteiger partial charge in [0, 0.05) is 31.4 Å². The van der Waals surface area contributed by atoms with Gasteiger partial charge in [0.05, 0.1) is 15.6 Å². The zero-order valence-electron chi connectivity index (χ0n) is 13.4. The molecule has 1 heterocycles. The fraction of sp³-hybridized carbons (Fsp3) is 0.200. The molecule has 7 nitrogen and oxygen atoms in total. The predicted octanol–water partition coefficient (Wildman–Crippen LogP) is 2.04. The van der Waals surface area contributed by atoms with Gasteiger partial charge in [-0.1, -0.05) is 23.2 Å². The van der Waals surface area contributed by atoms with E-state index in [4.69, 9.17) is 23.2 Å². The molecule has 25 heavy (non-hydrogen) atoms. The Morgan fingerprint density at radius 3 is 2.52 bits per heavy atom. The average molecular weight is 404 g/mol. The van der Waals surface area contributed by atoms with Crippen LogP contribution >= 0.6 is 23.2 Å². The van der Waals surface area contributed by atoms with Crippen molar-refractivity contribution in [1.29, 1.82) is 0 Å². The summed E-state index contributed by atoms with van der Waals surface area (Å²) >= 11 is 11.8. The molecule has 2 rings (SSSR count). The van der Waals surface area contributed by atoms with E-state index in [0.717, 1.165) is 21.1 Å². The lowest BCUT2D eigenvalue weighted by molar-refractivity contribution is -0.116. The van der Waals surface area contributed by atoms with Crippen LogP contribution in [0, 0.1) is 0 Å². The maximum Gasteiger partial charge on any atom is 0.251 e. The van der Waals surface area contributed by atoms with Crippen LogP contribution in [0.5, 0.6) is 0 Å². The van der Waals surface area contributed by atoms with Crippen LogP contribution in [0.4, 0.5) is 5.69 Å². The Morgan fingerprint density at radius 1 is 1.20 bits per heavy atom. The fourth-order valence-corrected chi connectivity index (χ4v) is 3.19. The fourth-order valence-electron chi connectivity index (χ4n) is 1.93. The Kier molecular flexibility index (Phi) is 5.89.